The van der Waals surface area contributed by atoms with Crippen LogP contribution in [0.25, 0.3) is 29.3 Å². The van der Waals surface area contributed by atoms with Gasteiger partial charge in [0.25, 0.3) is 0 Å². The van der Waals surface area contributed by atoms with Crippen LogP contribution < -0.4 is 18.9 Å². The van der Waals surface area contributed by atoms with Gasteiger partial charge in [-0.3, -0.25) is 0 Å². The SMILES string of the molecule is CCCCCCSc1sc(-c2ccc(-c3ccc(-c4sc(SCCCCCC)c5c4OCCO5)s3)s2)c2c1OCCO2. The number of thioether (sulfide) groups is 2. The van der Waals surface area contributed by atoms with E-state index in [0.717, 1.165) is 34.5 Å². The molecule has 0 radical (unpaired) electrons. The van der Waals surface area contributed by atoms with Crippen LogP contribution in [-0.4, -0.2) is 37.9 Å². The van der Waals surface area contributed by atoms with E-state index in [2.05, 4.69) is 38.1 Å². The molecule has 0 saturated heterocycles. The Hall–Kier alpha value is -1.30. The van der Waals surface area contributed by atoms with Crippen molar-refractivity contribution in [3.05, 3.63) is 24.3 Å². The summed E-state index contributed by atoms with van der Waals surface area (Å²) >= 11 is 11.2. The van der Waals surface area contributed by atoms with Crippen molar-refractivity contribution >= 4 is 68.9 Å². The highest BCUT2D eigenvalue weighted by atomic mass is 32.2. The number of unbranched alkanes of at least 4 members (excludes halogenated alkanes) is 6. The Morgan fingerprint density at radius 2 is 0.905 bits per heavy atom. The Morgan fingerprint density at radius 1 is 0.500 bits per heavy atom. The van der Waals surface area contributed by atoms with Gasteiger partial charge in [0.15, 0.2) is 23.0 Å². The maximum absolute atomic E-state index is 6.17. The Balaban J connectivity index is 1.20. The molecule has 0 aliphatic carbocycles. The minimum atomic E-state index is 0.611. The average Bonchev–Trinajstić information content (AvgIpc) is 3.82. The molecule has 10 heteroatoms. The van der Waals surface area contributed by atoms with Crippen LogP contribution in [0, 0.1) is 0 Å². The van der Waals surface area contributed by atoms with Crippen molar-refractivity contribution in [2.75, 3.05) is 37.9 Å². The molecular formula is C32H38O4S6. The van der Waals surface area contributed by atoms with E-state index in [1.54, 1.807) is 0 Å². The van der Waals surface area contributed by atoms with E-state index in [0.29, 0.717) is 26.4 Å². The first-order chi connectivity index (χ1) is 20.8. The molecule has 2 aliphatic rings. The van der Waals surface area contributed by atoms with Crippen molar-refractivity contribution in [3.63, 3.8) is 0 Å². The monoisotopic (exact) mass is 678 g/mol. The lowest BCUT2D eigenvalue weighted by Gasteiger charge is -2.16. The van der Waals surface area contributed by atoms with Crippen LogP contribution in [-0.2, 0) is 0 Å². The van der Waals surface area contributed by atoms with Crippen LogP contribution in [0.5, 0.6) is 23.0 Å². The van der Waals surface area contributed by atoms with E-state index in [1.807, 2.05) is 68.9 Å². The second-order valence-corrected chi connectivity index (χ2v) is 17.2. The summed E-state index contributed by atoms with van der Waals surface area (Å²) in [5, 5.41) is 0. The van der Waals surface area contributed by atoms with E-state index in [-0.39, 0.29) is 0 Å². The van der Waals surface area contributed by atoms with Crippen LogP contribution >= 0.6 is 68.9 Å². The quantitative estimate of drug-likeness (QED) is 0.0920. The molecule has 0 amide bonds. The van der Waals surface area contributed by atoms with Gasteiger partial charge in [-0.15, -0.1) is 68.9 Å². The fourth-order valence-corrected chi connectivity index (χ4v) is 12.2. The summed E-state index contributed by atoms with van der Waals surface area (Å²) in [5.41, 5.74) is 0. The van der Waals surface area contributed by atoms with Crippen molar-refractivity contribution < 1.29 is 18.9 Å². The van der Waals surface area contributed by atoms with Gasteiger partial charge in [-0.25, -0.2) is 0 Å². The molecule has 0 unspecified atom stereocenters. The summed E-state index contributed by atoms with van der Waals surface area (Å²) in [6.45, 7) is 7.00. The van der Waals surface area contributed by atoms with Gasteiger partial charge in [0.1, 0.15) is 34.8 Å². The molecule has 6 rings (SSSR count). The Bertz CT molecular complexity index is 1340. The van der Waals surface area contributed by atoms with Crippen LogP contribution in [0.3, 0.4) is 0 Å². The molecule has 4 nitrogen and oxygen atoms in total. The molecule has 0 saturated carbocycles. The normalized spacial score (nSPS) is 14.0. The maximum atomic E-state index is 6.17. The number of ether oxygens (including phenoxy) is 4. The van der Waals surface area contributed by atoms with Gasteiger partial charge in [0.2, 0.25) is 0 Å². The third-order valence-electron chi connectivity index (χ3n) is 7.10. The van der Waals surface area contributed by atoms with Crippen LogP contribution in [0.2, 0.25) is 0 Å². The summed E-state index contributed by atoms with van der Waals surface area (Å²) in [5.74, 6) is 6.04. The molecule has 42 heavy (non-hydrogen) atoms. The summed E-state index contributed by atoms with van der Waals surface area (Å²) in [6.07, 6.45) is 10.2. The molecule has 226 valence electrons. The molecule has 0 bridgehead atoms. The van der Waals surface area contributed by atoms with E-state index in [1.165, 1.54) is 89.0 Å². The van der Waals surface area contributed by atoms with Gasteiger partial charge in [-0.1, -0.05) is 52.4 Å². The summed E-state index contributed by atoms with van der Waals surface area (Å²) in [4.78, 5) is 7.46. The smallest absolute Gasteiger partial charge is 0.186 e. The first kappa shape index (κ1) is 30.7. The van der Waals surface area contributed by atoms with Crippen molar-refractivity contribution in [2.45, 2.75) is 73.6 Å². The zero-order valence-electron chi connectivity index (χ0n) is 24.3. The predicted molar refractivity (Wildman–Crippen MR) is 186 cm³/mol. The Labute approximate surface area is 274 Å². The highest BCUT2D eigenvalue weighted by Crippen LogP contribution is 2.57. The van der Waals surface area contributed by atoms with Gasteiger partial charge in [0.05, 0.1) is 9.75 Å². The lowest BCUT2D eigenvalue weighted by atomic mass is 10.2. The topological polar surface area (TPSA) is 36.9 Å². The lowest BCUT2D eigenvalue weighted by Crippen LogP contribution is -2.14. The first-order valence-corrected chi connectivity index (χ1v) is 20.3. The molecule has 6 heterocycles. The molecule has 0 atom stereocenters. The standard InChI is InChI=1S/C32H38O4S6/c1-3-5-7-9-19-37-31-27-25(33-15-17-35-27)29(41-31)23-13-11-21(39-23)22-12-14-24(40-22)30-26-28(36-18-16-34-26)32(42-30)38-20-10-8-6-4-2/h11-14H,3-10,15-20H2,1-2H3. The van der Waals surface area contributed by atoms with Crippen molar-refractivity contribution in [1.82, 2.24) is 0 Å². The summed E-state index contributed by atoms with van der Waals surface area (Å²) in [7, 11) is 0. The van der Waals surface area contributed by atoms with Crippen LogP contribution in [0.4, 0.5) is 0 Å². The first-order valence-electron chi connectivity index (χ1n) is 15.1. The van der Waals surface area contributed by atoms with Gasteiger partial charge in [-0.2, -0.15) is 0 Å². The Kier molecular flexibility index (Phi) is 11.1. The lowest BCUT2D eigenvalue weighted by molar-refractivity contribution is 0.170. The fraction of sp³-hybridized carbons (Fsp3) is 0.500. The summed E-state index contributed by atoms with van der Waals surface area (Å²) < 4.78 is 27.1. The highest BCUT2D eigenvalue weighted by Gasteiger charge is 2.28. The van der Waals surface area contributed by atoms with Crippen LogP contribution in [0.15, 0.2) is 32.7 Å². The maximum Gasteiger partial charge on any atom is 0.186 e. The fourth-order valence-electron chi connectivity index (χ4n) is 4.93. The van der Waals surface area contributed by atoms with Gasteiger partial charge >= 0.3 is 0 Å². The number of thiophene rings is 4. The molecule has 0 aromatic carbocycles. The number of fused-ring (bicyclic) bond motifs is 2. The number of hydrogen-bond donors (Lipinski definition) is 0. The average molecular weight is 679 g/mol. The van der Waals surface area contributed by atoms with E-state index in [4.69, 9.17) is 18.9 Å². The number of rotatable bonds is 15. The van der Waals surface area contributed by atoms with E-state index >= 15 is 0 Å². The molecule has 0 spiro atoms. The molecule has 4 aromatic rings. The minimum absolute atomic E-state index is 0.611. The largest absolute Gasteiger partial charge is 0.485 e. The summed E-state index contributed by atoms with van der Waals surface area (Å²) in [6, 6.07) is 9.00. The van der Waals surface area contributed by atoms with Crippen molar-refractivity contribution in [2.24, 2.45) is 0 Å². The van der Waals surface area contributed by atoms with Crippen molar-refractivity contribution in [3.8, 4) is 52.3 Å². The predicted octanol–water partition coefficient (Wildman–Crippen LogP) is 11.8. The highest BCUT2D eigenvalue weighted by molar-refractivity contribution is 8.01. The molecule has 4 aromatic heterocycles. The minimum Gasteiger partial charge on any atom is -0.485 e. The molecular weight excluding hydrogens is 641 g/mol. The molecule has 0 N–H and O–H groups in total. The van der Waals surface area contributed by atoms with Gasteiger partial charge < -0.3 is 18.9 Å². The zero-order chi connectivity index (χ0) is 28.7. The van der Waals surface area contributed by atoms with Crippen molar-refractivity contribution in [1.29, 1.82) is 0 Å². The van der Waals surface area contributed by atoms with E-state index < -0.39 is 0 Å². The third kappa shape index (κ3) is 6.99. The second-order valence-electron chi connectivity index (χ2n) is 10.3. The Morgan fingerprint density at radius 3 is 1.33 bits per heavy atom. The van der Waals surface area contributed by atoms with Crippen LogP contribution in [0.1, 0.15) is 65.2 Å². The van der Waals surface area contributed by atoms with Gasteiger partial charge in [-0.05, 0) is 48.6 Å². The zero-order valence-corrected chi connectivity index (χ0v) is 29.2. The third-order valence-corrected chi connectivity index (χ3v) is 14.8. The molecule has 0 fully saturated rings. The molecule has 2 aliphatic heterocycles. The second kappa shape index (κ2) is 15.1. The van der Waals surface area contributed by atoms with Gasteiger partial charge in [0, 0.05) is 19.5 Å². The number of hydrogen-bond acceptors (Lipinski definition) is 10. The van der Waals surface area contributed by atoms with E-state index in [9.17, 15) is 0 Å².